The summed E-state index contributed by atoms with van der Waals surface area (Å²) in [5.41, 5.74) is 1.08. The van der Waals surface area contributed by atoms with Gasteiger partial charge in [-0.1, -0.05) is 13.8 Å². The third kappa shape index (κ3) is 4.99. The number of ether oxygens (including phenoxy) is 3. The molecule has 0 aliphatic heterocycles. The summed E-state index contributed by atoms with van der Waals surface area (Å²) in [4.78, 5) is 0. The largest absolute Gasteiger partial charge is 0.493 e. The lowest BCUT2D eigenvalue weighted by Crippen LogP contribution is -2.25. The molecule has 4 nitrogen and oxygen atoms in total. The molecule has 0 fully saturated rings. The molecule has 0 radical (unpaired) electrons. The molecule has 0 atom stereocenters. The van der Waals surface area contributed by atoms with Crippen LogP contribution in [-0.2, 0) is 0 Å². The molecule has 108 valence electrons. The van der Waals surface area contributed by atoms with Gasteiger partial charge in [0.05, 0.1) is 14.2 Å². The van der Waals surface area contributed by atoms with Crippen molar-refractivity contribution in [2.45, 2.75) is 20.8 Å². The molecule has 1 N–H and O–H groups in total. The molecule has 1 rings (SSSR count). The number of nitrogens with one attached hydrogen (secondary N) is 1. The van der Waals surface area contributed by atoms with Gasteiger partial charge in [0.2, 0.25) is 5.75 Å². The lowest BCUT2D eigenvalue weighted by atomic mass is 10.2. The van der Waals surface area contributed by atoms with E-state index >= 15 is 0 Å². The molecular formula is C15H25NO3. The van der Waals surface area contributed by atoms with E-state index in [0.29, 0.717) is 29.8 Å². The molecule has 0 spiro atoms. The van der Waals surface area contributed by atoms with Gasteiger partial charge in [0.1, 0.15) is 6.61 Å². The van der Waals surface area contributed by atoms with Gasteiger partial charge in [0.25, 0.3) is 0 Å². The number of rotatable bonds is 8. The summed E-state index contributed by atoms with van der Waals surface area (Å²) >= 11 is 0. The van der Waals surface area contributed by atoms with E-state index in [1.54, 1.807) is 14.2 Å². The standard InChI is InChI=1S/C15H25NO3/c1-11(2)10-16-6-7-19-15-13(17-4)8-12(3)9-14(15)18-5/h8-9,11,16H,6-7,10H2,1-5H3. The van der Waals surface area contributed by atoms with Crippen molar-refractivity contribution in [2.24, 2.45) is 5.92 Å². The second kappa shape index (κ2) is 7.89. The third-order valence-corrected chi connectivity index (χ3v) is 2.68. The van der Waals surface area contributed by atoms with Gasteiger partial charge in [0, 0.05) is 6.54 Å². The average Bonchev–Trinajstić information content (AvgIpc) is 2.38. The molecule has 1 aromatic carbocycles. The summed E-state index contributed by atoms with van der Waals surface area (Å²) in [6.45, 7) is 8.74. The SMILES string of the molecule is COc1cc(C)cc(OC)c1OCCNCC(C)C. The second-order valence-electron chi connectivity index (χ2n) is 4.94. The van der Waals surface area contributed by atoms with E-state index in [-0.39, 0.29) is 0 Å². The average molecular weight is 267 g/mol. The fraction of sp³-hybridized carbons (Fsp3) is 0.600. The molecule has 0 aliphatic rings. The van der Waals surface area contributed by atoms with Gasteiger partial charge in [-0.25, -0.2) is 0 Å². The molecule has 0 aromatic heterocycles. The first kappa shape index (κ1) is 15.6. The molecule has 19 heavy (non-hydrogen) atoms. The first-order chi connectivity index (χ1) is 9.08. The van der Waals surface area contributed by atoms with Crippen LogP contribution in [0.25, 0.3) is 0 Å². The monoisotopic (exact) mass is 267 g/mol. The van der Waals surface area contributed by atoms with Gasteiger partial charge in [-0.3, -0.25) is 0 Å². The van der Waals surface area contributed by atoms with Crippen molar-refractivity contribution in [1.82, 2.24) is 5.32 Å². The predicted molar refractivity (Wildman–Crippen MR) is 77.5 cm³/mol. The van der Waals surface area contributed by atoms with Gasteiger partial charge < -0.3 is 19.5 Å². The zero-order chi connectivity index (χ0) is 14.3. The molecule has 1 aromatic rings. The van der Waals surface area contributed by atoms with Gasteiger partial charge in [-0.2, -0.15) is 0 Å². The summed E-state index contributed by atoms with van der Waals surface area (Å²) in [5.74, 6) is 2.73. The normalized spacial score (nSPS) is 10.6. The Morgan fingerprint density at radius 3 is 2.16 bits per heavy atom. The summed E-state index contributed by atoms with van der Waals surface area (Å²) in [6, 6.07) is 3.89. The Balaban J connectivity index is 2.61. The number of hydrogen-bond donors (Lipinski definition) is 1. The highest BCUT2D eigenvalue weighted by molar-refractivity contribution is 5.53. The highest BCUT2D eigenvalue weighted by atomic mass is 16.5. The fourth-order valence-corrected chi connectivity index (χ4v) is 1.77. The number of aryl methyl sites for hydroxylation is 1. The van der Waals surface area contributed by atoms with Gasteiger partial charge in [-0.05, 0) is 37.1 Å². The zero-order valence-electron chi connectivity index (χ0n) is 12.6. The summed E-state index contributed by atoms with van der Waals surface area (Å²) in [6.07, 6.45) is 0. The minimum absolute atomic E-state index is 0.586. The van der Waals surface area contributed by atoms with Crippen molar-refractivity contribution in [3.8, 4) is 17.2 Å². The van der Waals surface area contributed by atoms with Crippen LogP contribution in [0, 0.1) is 12.8 Å². The fourth-order valence-electron chi connectivity index (χ4n) is 1.77. The molecule has 0 amide bonds. The Bertz CT molecular complexity index is 366. The van der Waals surface area contributed by atoms with Crippen LogP contribution in [0.1, 0.15) is 19.4 Å². The summed E-state index contributed by atoms with van der Waals surface area (Å²) < 4.78 is 16.5. The van der Waals surface area contributed by atoms with Crippen molar-refractivity contribution in [3.05, 3.63) is 17.7 Å². The maximum Gasteiger partial charge on any atom is 0.203 e. The maximum atomic E-state index is 5.77. The number of hydrogen-bond acceptors (Lipinski definition) is 4. The van der Waals surface area contributed by atoms with Crippen LogP contribution in [0.5, 0.6) is 17.2 Å². The van der Waals surface area contributed by atoms with Crippen molar-refractivity contribution in [2.75, 3.05) is 33.9 Å². The Kier molecular flexibility index (Phi) is 6.50. The van der Waals surface area contributed by atoms with E-state index in [1.807, 2.05) is 19.1 Å². The van der Waals surface area contributed by atoms with Crippen LogP contribution in [0.3, 0.4) is 0 Å². The molecule has 0 bridgehead atoms. The highest BCUT2D eigenvalue weighted by Crippen LogP contribution is 2.38. The smallest absolute Gasteiger partial charge is 0.203 e. The quantitative estimate of drug-likeness (QED) is 0.735. The van der Waals surface area contributed by atoms with Crippen LogP contribution in [0.4, 0.5) is 0 Å². The molecule has 0 saturated carbocycles. The van der Waals surface area contributed by atoms with Crippen LogP contribution in [0.15, 0.2) is 12.1 Å². The van der Waals surface area contributed by atoms with Gasteiger partial charge >= 0.3 is 0 Å². The van der Waals surface area contributed by atoms with Crippen LogP contribution in [0.2, 0.25) is 0 Å². The molecular weight excluding hydrogens is 242 g/mol. The molecule has 0 unspecified atom stereocenters. The lowest BCUT2D eigenvalue weighted by molar-refractivity contribution is 0.272. The topological polar surface area (TPSA) is 39.7 Å². The summed E-state index contributed by atoms with van der Waals surface area (Å²) in [5, 5.41) is 3.33. The Hall–Kier alpha value is -1.42. The zero-order valence-corrected chi connectivity index (χ0v) is 12.6. The lowest BCUT2D eigenvalue weighted by Gasteiger charge is -2.15. The van der Waals surface area contributed by atoms with E-state index in [1.165, 1.54) is 0 Å². The summed E-state index contributed by atoms with van der Waals surface area (Å²) in [7, 11) is 3.27. The Morgan fingerprint density at radius 2 is 1.68 bits per heavy atom. The van der Waals surface area contributed by atoms with Gasteiger partial charge in [0.15, 0.2) is 11.5 Å². The maximum absolute atomic E-state index is 5.77. The van der Waals surface area contributed by atoms with Crippen molar-refractivity contribution in [3.63, 3.8) is 0 Å². The predicted octanol–water partition coefficient (Wildman–Crippen LogP) is 2.64. The van der Waals surface area contributed by atoms with E-state index in [9.17, 15) is 0 Å². The molecule has 0 aliphatic carbocycles. The number of methoxy groups -OCH3 is 2. The van der Waals surface area contributed by atoms with Gasteiger partial charge in [-0.15, -0.1) is 0 Å². The first-order valence-electron chi connectivity index (χ1n) is 6.64. The molecule has 0 heterocycles. The Labute approximate surface area is 116 Å². The Morgan fingerprint density at radius 1 is 1.11 bits per heavy atom. The van der Waals surface area contributed by atoms with Crippen LogP contribution in [-0.4, -0.2) is 33.9 Å². The van der Waals surface area contributed by atoms with Crippen molar-refractivity contribution in [1.29, 1.82) is 0 Å². The third-order valence-electron chi connectivity index (χ3n) is 2.68. The highest BCUT2D eigenvalue weighted by Gasteiger charge is 2.12. The molecule has 4 heteroatoms. The van der Waals surface area contributed by atoms with E-state index in [4.69, 9.17) is 14.2 Å². The van der Waals surface area contributed by atoms with E-state index in [0.717, 1.165) is 18.7 Å². The van der Waals surface area contributed by atoms with E-state index < -0.39 is 0 Å². The second-order valence-corrected chi connectivity index (χ2v) is 4.94. The minimum Gasteiger partial charge on any atom is -0.493 e. The van der Waals surface area contributed by atoms with Crippen molar-refractivity contribution >= 4 is 0 Å². The van der Waals surface area contributed by atoms with Crippen LogP contribution < -0.4 is 19.5 Å². The van der Waals surface area contributed by atoms with Crippen molar-refractivity contribution < 1.29 is 14.2 Å². The number of benzene rings is 1. The van der Waals surface area contributed by atoms with E-state index in [2.05, 4.69) is 19.2 Å². The first-order valence-corrected chi connectivity index (χ1v) is 6.64. The molecule has 0 saturated heterocycles. The van der Waals surface area contributed by atoms with Crippen LogP contribution >= 0.6 is 0 Å². The minimum atomic E-state index is 0.586.